The van der Waals surface area contributed by atoms with Crippen LogP contribution in [-0.2, 0) is 6.42 Å². The third-order valence-electron chi connectivity index (χ3n) is 4.36. The summed E-state index contributed by atoms with van der Waals surface area (Å²) in [4.78, 5) is 7.13. The molecule has 17 heavy (non-hydrogen) atoms. The average molecular weight is 251 g/mol. The Bertz CT molecular complexity index is 338. The highest BCUT2D eigenvalue weighted by Gasteiger charge is 2.39. The van der Waals surface area contributed by atoms with Crippen LogP contribution in [-0.4, -0.2) is 41.6 Å². The predicted molar refractivity (Wildman–Crippen MR) is 71.4 cm³/mol. The van der Waals surface area contributed by atoms with E-state index < -0.39 is 0 Å². The molecule has 2 saturated heterocycles. The van der Waals surface area contributed by atoms with Gasteiger partial charge >= 0.3 is 0 Å². The summed E-state index contributed by atoms with van der Waals surface area (Å²) in [6.45, 7) is 1.21. The second kappa shape index (κ2) is 5.04. The van der Waals surface area contributed by atoms with Gasteiger partial charge < -0.3 is 5.32 Å². The molecule has 0 radical (unpaired) electrons. The summed E-state index contributed by atoms with van der Waals surface area (Å²) in [7, 11) is 2.11. The number of thiazole rings is 1. The Morgan fingerprint density at radius 2 is 2.18 bits per heavy atom. The fourth-order valence-electron chi connectivity index (χ4n) is 3.48. The van der Waals surface area contributed by atoms with Gasteiger partial charge in [0.1, 0.15) is 0 Å². The van der Waals surface area contributed by atoms with Crippen molar-refractivity contribution in [1.82, 2.24) is 15.2 Å². The van der Waals surface area contributed by atoms with Crippen molar-refractivity contribution in [1.29, 1.82) is 0 Å². The fraction of sp³-hybridized carbons (Fsp3) is 0.769. The van der Waals surface area contributed by atoms with E-state index in [-0.39, 0.29) is 0 Å². The Morgan fingerprint density at radius 3 is 2.76 bits per heavy atom. The molecule has 2 aliphatic rings. The molecular formula is C13H21N3S. The van der Waals surface area contributed by atoms with Gasteiger partial charge in [-0.2, -0.15) is 0 Å². The molecule has 1 N–H and O–H groups in total. The van der Waals surface area contributed by atoms with Gasteiger partial charge in [0.15, 0.2) is 0 Å². The zero-order valence-electron chi connectivity index (χ0n) is 10.4. The lowest BCUT2D eigenvalue weighted by atomic mass is 9.97. The molecule has 3 heterocycles. The normalized spacial score (nSPS) is 33.1. The average Bonchev–Trinajstić information content (AvgIpc) is 2.93. The van der Waals surface area contributed by atoms with Gasteiger partial charge in [0.25, 0.3) is 0 Å². The van der Waals surface area contributed by atoms with Crippen LogP contribution < -0.4 is 5.32 Å². The zero-order chi connectivity index (χ0) is 11.7. The van der Waals surface area contributed by atoms with Gasteiger partial charge in [-0.1, -0.05) is 0 Å². The van der Waals surface area contributed by atoms with Crippen molar-refractivity contribution < 1.29 is 0 Å². The first kappa shape index (κ1) is 11.6. The second-order valence-electron chi connectivity index (χ2n) is 5.26. The van der Waals surface area contributed by atoms with Crippen LogP contribution in [0.1, 0.15) is 30.7 Å². The summed E-state index contributed by atoms with van der Waals surface area (Å²) in [6.07, 6.45) is 8.54. The van der Waals surface area contributed by atoms with Crippen LogP contribution in [0.4, 0.5) is 0 Å². The molecule has 94 valence electrons. The molecule has 1 aromatic rings. The molecule has 0 aliphatic carbocycles. The van der Waals surface area contributed by atoms with Crippen LogP contribution in [0.15, 0.2) is 11.6 Å². The van der Waals surface area contributed by atoms with E-state index in [4.69, 9.17) is 0 Å². The van der Waals surface area contributed by atoms with Crippen molar-refractivity contribution in [3.05, 3.63) is 16.6 Å². The van der Waals surface area contributed by atoms with E-state index in [0.29, 0.717) is 0 Å². The molecule has 3 nitrogen and oxygen atoms in total. The summed E-state index contributed by atoms with van der Waals surface area (Å²) in [5.41, 5.74) is 0. The van der Waals surface area contributed by atoms with E-state index >= 15 is 0 Å². The molecule has 0 amide bonds. The van der Waals surface area contributed by atoms with Gasteiger partial charge in [0.05, 0.1) is 5.01 Å². The van der Waals surface area contributed by atoms with Gasteiger partial charge in [-0.25, -0.2) is 4.98 Å². The van der Waals surface area contributed by atoms with E-state index in [1.165, 1.54) is 37.2 Å². The number of piperidine rings is 1. The summed E-state index contributed by atoms with van der Waals surface area (Å²) < 4.78 is 0. The fourth-order valence-corrected chi connectivity index (χ4v) is 4.09. The Kier molecular flexibility index (Phi) is 3.45. The van der Waals surface area contributed by atoms with Crippen LogP contribution in [0, 0.1) is 0 Å². The first-order chi connectivity index (χ1) is 8.36. The molecule has 0 aromatic carbocycles. The molecule has 2 fully saturated rings. The number of nitrogens with zero attached hydrogens (tertiary/aromatic N) is 2. The Labute approximate surface area is 107 Å². The van der Waals surface area contributed by atoms with E-state index in [2.05, 4.69) is 27.6 Å². The Hall–Kier alpha value is -0.450. The minimum atomic E-state index is 0.753. The number of nitrogens with one attached hydrogen (secondary N) is 1. The third-order valence-corrected chi connectivity index (χ3v) is 5.20. The first-order valence-electron chi connectivity index (χ1n) is 6.68. The molecule has 0 saturated carbocycles. The Morgan fingerprint density at radius 1 is 1.41 bits per heavy atom. The lowest BCUT2D eigenvalue weighted by Crippen LogP contribution is -2.48. The smallest absolute Gasteiger partial charge is 0.0937 e. The molecule has 0 spiro atoms. The standard InChI is InChI=1S/C13H21N3S/c1-14-10-8-11-2-3-12(9-10)16(11)6-4-13-15-5-7-17-13/h5,7,10-12,14H,2-4,6,8-9H2,1H3. The molecule has 2 bridgehead atoms. The topological polar surface area (TPSA) is 28.2 Å². The second-order valence-corrected chi connectivity index (χ2v) is 6.23. The number of hydrogen-bond donors (Lipinski definition) is 1. The van der Waals surface area contributed by atoms with Gasteiger partial charge in [0, 0.05) is 42.7 Å². The van der Waals surface area contributed by atoms with Crippen LogP contribution in [0.25, 0.3) is 0 Å². The van der Waals surface area contributed by atoms with Crippen LogP contribution >= 0.6 is 11.3 Å². The number of aromatic nitrogens is 1. The maximum absolute atomic E-state index is 4.38. The van der Waals surface area contributed by atoms with Crippen LogP contribution in [0.2, 0.25) is 0 Å². The summed E-state index contributed by atoms with van der Waals surface area (Å²) >= 11 is 1.79. The van der Waals surface area contributed by atoms with Crippen LogP contribution in [0.5, 0.6) is 0 Å². The first-order valence-corrected chi connectivity index (χ1v) is 7.56. The molecular weight excluding hydrogens is 230 g/mol. The molecule has 2 atom stereocenters. The summed E-state index contributed by atoms with van der Waals surface area (Å²) in [6, 6.07) is 2.40. The van der Waals surface area contributed by atoms with Crippen molar-refractivity contribution in [2.75, 3.05) is 13.6 Å². The third kappa shape index (κ3) is 2.39. The molecule has 4 heteroatoms. The molecule has 1 aromatic heterocycles. The zero-order valence-corrected chi connectivity index (χ0v) is 11.2. The lowest BCUT2D eigenvalue weighted by molar-refractivity contribution is 0.121. The van der Waals surface area contributed by atoms with E-state index in [1.807, 2.05) is 6.20 Å². The summed E-state index contributed by atoms with van der Waals surface area (Å²) in [5, 5.41) is 6.83. The molecule has 3 rings (SSSR count). The van der Waals surface area contributed by atoms with Crippen molar-refractivity contribution in [3.63, 3.8) is 0 Å². The van der Waals surface area contributed by atoms with Gasteiger partial charge in [-0.3, -0.25) is 4.90 Å². The lowest BCUT2D eigenvalue weighted by Gasteiger charge is -2.38. The number of fused-ring (bicyclic) bond motifs is 2. The molecule has 2 unspecified atom stereocenters. The highest BCUT2D eigenvalue weighted by molar-refractivity contribution is 7.09. The Balaban J connectivity index is 1.58. The maximum Gasteiger partial charge on any atom is 0.0937 e. The minimum Gasteiger partial charge on any atom is -0.317 e. The van der Waals surface area contributed by atoms with Gasteiger partial charge in [-0.15, -0.1) is 11.3 Å². The number of rotatable bonds is 4. The van der Waals surface area contributed by atoms with Gasteiger partial charge in [-0.05, 0) is 32.7 Å². The maximum atomic E-state index is 4.38. The van der Waals surface area contributed by atoms with Gasteiger partial charge in [0.2, 0.25) is 0 Å². The monoisotopic (exact) mass is 251 g/mol. The molecule has 2 aliphatic heterocycles. The highest BCUT2D eigenvalue weighted by atomic mass is 32.1. The van der Waals surface area contributed by atoms with E-state index in [1.54, 1.807) is 11.3 Å². The minimum absolute atomic E-state index is 0.753. The van der Waals surface area contributed by atoms with Crippen LogP contribution in [0.3, 0.4) is 0 Å². The number of hydrogen-bond acceptors (Lipinski definition) is 4. The van der Waals surface area contributed by atoms with E-state index in [9.17, 15) is 0 Å². The van der Waals surface area contributed by atoms with Crippen molar-refractivity contribution in [2.45, 2.75) is 50.2 Å². The quantitative estimate of drug-likeness (QED) is 0.886. The van der Waals surface area contributed by atoms with Crippen molar-refractivity contribution in [3.8, 4) is 0 Å². The largest absolute Gasteiger partial charge is 0.317 e. The highest BCUT2D eigenvalue weighted by Crippen LogP contribution is 2.35. The van der Waals surface area contributed by atoms with E-state index in [0.717, 1.165) is 24.5 Å². The van der Waals surface area contributed by atoms with Crippen molar-refractivity contribution >= 4 is 11.3 Å². The predicted octanol–water partition coefficient (Wildman–Crippen LogP) is 1.90. The van der Waals surface area contributed by atoms with Crippen molar-refractivity contribution in [2.24, 2.45) is 0 Å². The SMILES string of the molecule is CNC1CC2CCC(C1)N2CCc1nccs1. The summed E-state index contributed by atoms with van der Waals surface area (Å²) in [5.74, 6) is 0.